The van der Waals surface area contributed by atoms with E-state index in [4.69, 9.17) is 4.11 Å². The molecule has 1 aromatic heterocycles. The average Bonchev–Trinajstić information content (AvgIpc) is 3.31. The maximum atomic E-state index is 15.3. The van der Waals surface area contributed by atoms with Crippen molar-refractivity contribution in [2.24, 2.45) is 5.92 Å². The number of piperidine rings is 2. The number of benzene rings is 1. The largest absolute Gasteiger partial charge is 0.367 e. The van der Waals surface area contributed by atoms with E-state index >= 15 is 4.39 Å². The fourth-order valence-electron chi connectivity index (χ4n) is 6.48. The summed E-state index contributed by atoms with van der Waals surface area (Å²) in [5, 5.41) is 4.26. The molecule has 0 spiro atoms. The zero-order chi connectivity index (χ0) is 31.9. The topological polar surface area (TPSA) is 118 Å². The van der Waals surface area contributed by atoms with Crippen LogP contribution in [0.15, 0.2) is 30.5 Å². The van der Waals surface area contributed by atoms with E-state index in [1.165, 1.54) is 17.2 Å². The molecule has 0 saturated carbocycles. The van der Waals surface area contributed by atoms with E-state index in [2.05, 4.69) is 20.1 Å². The quantitative estimate of drug-likeness (QED) is 0.493. The van der Waals surface area contributed by atoms with Crippen LogP contribution in [0.4, 0.5) is 15.9 Å². The van der Waals surface area contributed by atoms with Crippen molar-refractivity contribution in [3.05, 3.63) is 53.0 Å². The molecule has 4 aliphatic rings. The number of hydrogen-bond donors (Lipinski definition) is 2. The monoisotopic (exact) mass is 580 g/mol. The summed E-state index contributed by atoms with van der Waals surface area (Å²) in [7, 11) is 0. The molecular formula is C30H36FN7O4. The van der Waals surface area contributed by atoms with Crippen molar-refractivity contribution in [1.82, 2.24) is 25.4 Å². The molecule has 3 saturated heterocycles. The van der Waals surface area contributed by atoms with Gasteiger partial charge in [-0.05, 0) is 55.0 Å². The van der Waals surface area contributed by atoms with Gasteiger partial charge in [0.25, 0.3) is 11.8 Å². The van der Waals surface area contributed by atoms with Crippen LogP contribution in [0.25, 0.3) is 0 Å². The Balaban J connectivity index is 0.982. The number of amides is 4. The van der Waals surface area contributed by atoms with Crippen molar-refractivity contribution in [2.75, 3.05) is 62.6 Å². The maximum Gasteiger partial charge on any atom is 0.255 e. The molecule has 222 valence electrons. The first-order chi connectivity index (χ1) is 21.4. The molecule has 0 bridgehead atoms. The molecule has 3 fully saturated rings. The van der Waals surface area contributed by atoms with Gasteiger partial charge < -0.3 is 20.0 Å². The predicted octanol–water partition coefficient (Wildman–Crippen LogP) is 1.38. The van der Waals surface area contributed by atoms with Gasteiger partial charge in [0.05, 0.1) is 11.3 Å². The zero-order valence-corrected chi connectivity index (χ0v) is 23.3. The number of nitrogens with zero attached hydrogens (tertiary/aromatic N) is 5. The standard InChI is InChI=1S/C30H36FN7O4/c1-32-28(40)20-2-4-26(33-16-20)37-8-6-19(7-9-37)17-35-10-12-36(13-11-35)25-14-21-18-38(30(42)22(21)15-23(25)31)24-3-5-27(39)34-29(24)41/h2,4,14-16,19,24H,3,5-13,17-18H2,1H3,(H,32,40)(H,34,39,41)/i1D3. The van der Waals surface area contributed by atoms with Gasteiger partial charge in [-0.3, -0.25) is 29.4 Å². The molecule has 1 unspecified atom stereocenters. The van der Waals surface area contributed by atoms with Crippen molar-refractivity contribution in [1.29, 1.82) is 0 Å². The highest BCUT2D eigenvalue weighted by molar-refractivity contribution is 6.05. The van der Waals surface area contributed by atoms with Crippen LogP contribution in [-0.4, -0.2) is 97.2 Å². The van der Waals surface area contributed by atoms with Crippen LogP contribution in [-0.2, 0) is 16.1 Å². The maximum absolute atomic E-state index is 15.3. The molecule has 11 nitrogen and oxygen atoms in total. The normalized spacial score (nSPS) is 23.3. The number of nitrogens with one attached hydrogen (secondary N) is 2. The van der Waals surface area contributed by atoms with Gasteiger partial charge in [0, 0.05) is 81.6 Å². The second-order valence-corrected chi connectivity index (χ2v) is 11.4. The van der Waals surface area contributed by atoms with E-state index in [1.54, 1.807) is 18.2 Å². The van der Waals surface area contributed by atoms with Crippen LogP contribution in [0.2, 0.25) is 0 Å². The Morgan fingerprint density at radius 2 is 1.86 bits per heavy atom. The number of carbonyl (C=O) groups is 4. The Labute approximate surface area is 248 Å². The number of rotatable bonds is 6. The van der Waals surface area contributed by atoms with Crippen LogP contribution in [0, 0.1) is 11.7 Å². The number of aromatic nitrogens is 1. The minimum Gasteiger partial charge on any atom is -0.367 e. The molecule has 12 heteroatoms. The molecule has 0 aliphatic carbocycles. The van der Waals surface area contributed by atoms with Crippen molar-refractivity contribution in [3.63, 3.8) is 0 Å². The Hall–Kier alpha value is -4.06. The van der Waals surface area contributed by atoms with Crippen molar-refractivity contribution in [3.8, 4) is 0 Å². The van der Waals surface area contributed by atoms with Crippen LogP contribution < -0.4 is 20.4 Å². The summed E-state index contributed by atoms with van der Waals surface area (Å²) in [5.74, 6) is -1.08. The van der Waals surface area contributed by atoms with E-state index in [0.29, 0.717) is 30.3 Å². The van der Waals surface area contributed by atoms with Crippen LogP contribution in [0.5, 0.6) is 0 Å². The minimum atomic E-state index is -2.55. The number of carbonyl (C=O) groups excluding carboxylic acids is 4. The van der Waals surface area contributed by atoms with E-state index in [9.17, 15) is 19.2 Å². The smallest absolute Gasteiger partial charge is 0.255 e. The van der Waals surface area contributed by atoms with Gasteiger partial charge in [-0.15, -0.1) is 0 Å². The lowest BCUT2D eigenvalue weighted by atomic mass is 9.96. The third-order valence-electron chi connectivity index (χ3n) is 8.88. The van der Waals surface area contributed by atoms with Crippen LogP contribution in [0.3, 0.4) is 0 Å². The van der Waals surface area contributed by atoms with Gasteiger partial charge in [-0.25, -0.2) is 9.37 Å². The predicted molar refractivity (Wildman–Crippen MR) is 154 cm³/mol. The minimum absolute atomic E-state index is 0.170. The first-order valence-corrected chi connectivity index (χ1v) is 14.4. The molecule has 1 aromatic carbocycles. The molecule has 2 N–H and O–H groups in total. The van der Waals surface area contributed by atoms with E-state index in [1.807, 2.05) is 10.2 Å². The summed E-state index contributed by atoms with van der Waals surface area (Å²) < 4.78 is 36.8. The lowest BCUT2D eigenvalue weighted by molar-refractivity contribution is -0.136. The highest BCUT2D eigenvalue weighted by Gasteiger charge is 2.40. The van der Waals surface area contributed by atoms with Crippen molar-refractivity contribution in [2.45, 2.75) is 38.3 Å². The average molecular weight is 581 g/mol. The number of anilines is 2. The Bertz CT molecular complexity index is 1490. The zero-order valence-electron chi connectivity index (χ0n) is 26.3. The molecule has 4 amide bonds. The summed E-state index contributed by atoms with van der Waals surface area (Å²) in [6, 6.07) is 5.62. The third-order valence-corrected chi connectivity index (χ3v) is 8.88. The third kappa shape index (κ3) is 5.55. The first-order valence-electron chi connectivity index (χ1n) is 15.9. The summed E-state index contributed by atoms with van der Waals surface area (Å²) in [6.07, 6.45) is 3.81. The summed E-state index contributed by atoms with van der Waals surface area (Å²) in [6.45, 7) is 3.17. The van der Waals surface area contributed by atoms with Gasteiger partial charge in [-0.1, -0.05) is 0 Å². The summed E-state index contributed by atoms with van der Waals surface area (Å²) in [4.78, 5) is 61.4. The first kappa shape index (κ1) is 24.5. The van der Waals surface area contributed by atoms with E-state index in [0.717, 1.165) is 51.4 Å². The number of hydrogen-bond acceptors (Lipinski definition) is 8. The number of halogens is 1. The van der Waals surface area contributed by atoms with Gasteiger partial charge >= 0.3 is 0 Å². The van der Waals surface area contributed by atoms with E-state index in [-0.39, 0.29) is 42.3 Å². The van der Waals surface area contributed by atoms with Gasteiger partial charge in [-0.2, -0.15) is 0 Å². The van der Waals surface area contributed by atoms with Crippen LogP contribution in [0.1, 0.15) is 56.1 Å². The Morgan fingerprint density at radius 3 is 2.55 bits per heavy atom. The molecule has 2 aromatic rings. The molecule has 5 heterocycles. The fraction of sp³-hybridized carbons (Fsp3) is 0.500. The molecule has 4 aliphatic heterocycles. The summed E-state index contributed by atoms with van der Waals surface area (Å²) in [5.41, 5.74) is 1.63. The number of piperazine rings is 1. The lowest BCUT2D eigenvalue weighted by Crippen LogP contribution is -2.52. The SMILES string of the molecule is [2H]C([2H])([2H])NC(=O)c1ccc(N2CCC(CN3CCN(c4cc5c(cc4F)C(=O)N(C4CCC(=O)NC4=O)C5)CC3)CC2)nc1. The van der Waals surface area contributed by atoms with Crippen molar-refractivity contribution < 1.29 is 27.7 Å². The highest BCUT2D eigenvalue weighted by Crippen LogP contribution is 2.33. The second kappa shape index (κ2) is 11.7. The van der Waals surface area contributed by atoms with E-state index < -0.39 is 30.6 Å². The molecule has 42 heavy (non-hydrogen) atoms. The Kier molecular flexibility index (Phi) is 6.82. The van der Waals surface area contributed by atoms with Crippen molar-refractivity contribution >= 4 is 35.1 Å². The number of fused-ring (bicyclic) bond motifs is 1. The van der Waals surface area contributed by atoms with Gasteiger partial charge in [0.1, 0.15) is 17.7 Å². The lowest BCUT2D eigenvalue weighted by Gasteiger charge is -2.40. The fourth-order valence-corrected chi connectivity index (χ4v) is 6.48. The van der Waals surface area contributed by atoms with Crippen LogP contribution >= 0.6 is 0 Å². The molecule has 6 rings (SSSR count). The molecule has 1 atom stereocenters. The van der Waals surface area contributed by atoms with Gasteiger partial charge in [0.15, 0.2) is 0 Å². The summed E-state index contributed by atoms with van der Waals surface area (Å²) >= 11 is 0. The number of pyridine rings is 1. The van der Waals surface area contributed by atoms with Gasteiger partial charge in [0.2, 0.25) is 11.8 Å². The molecule has 0 radical (unpaired) electrons. The molecular weight excluding hydrogens is 541 g/mol. The highest BCUT2D eigenvalue weighted by atomic mass is 19.1. The second-order valence-electron chi connectivity index (χ2n) is 11.4. The Morgan fingerprint density at radius 1 is 1.07 bits per heavy atom. The number of imide groups is 1.